The number of carbonyl (C=O) groups is 1. The van der Waals surface area contributed by atoms with Crippen molar-refractivity contribution in [3.63, 3.8) is 0 Å². The second kappa shape index (κ2) is 9.38. The van der Waals surface area contributed by atoms with Gasteiger partial charge in [0, 0.05) is 11.8 Å². The van der Waals surface area contributed by atoms with Crippen LogP contribution in [0.15, 0.2) is 42.5 Å². The lowest BCUT2D eigenvalue weighted by Gasteiger charge is -2.29. The molecule has 1 N–H and O–H groups in total. The summed E-state index contributed by atoms with van der Waals surface area (Å²) in [5, 5.41) is 2.81. The average Bonchev–Trinajstić information content (AvgIpc) is 2.72. The number of nitrogens with one attached hydrogen (secondary N) is 1. The Morgan fingerprint density at radius 3 is 2.40 bits per heavy atom. The van der Waals surface area contributed by atoms with Crippen LogP contribution in [0.5, 0.6) is 11.5 Å². The average molecular weight is 433 g/mol. The third kappa shape index (κ3) is 5.24. The van der Waals surface area contributed by atoms with Gasteiger partial charge in [-0.25, -0.2) is 8.42 Å². The summed E-state index contributed by atoms with van der Waals surface area (Å²) in [6.45, 7) is 4.53. The fraction of sp³-hybridized carbons (Fsp3) is 0.409. The smallest absolute Gasteiger partial charge is 0.247 e. The first-order valence-electron chi connectivity index (χ1n) is 10.1. The van der Waals surface area contributed by atoms with Gasteiger partial charge < -0.3 is 14.8 Å². The molecular weight excluding hydrogens is 404 g/mol. The Morgan fingerprint density at radius 2 is 1.77 bits per heavy atom. The third-order valence-electron chi connectivity index (χ3n) is 4.91. The Balaban J connectivity index is 1.78. The zero-order chi connectivity index (χ0) is 21.7. The Hall–Kier alpha value is -2.74. The molecule has 7 nitrogen and oxygen atoms in total. The normalized spacial score (nSPS) is 14.1. The number of rotatable bonds is 8. The van der Waals surface area contributed by atoms with Gasteiger partial charge in [0.15, 0.2) is 11.5 Å². The molecule has 8 heteroatoms. The van der Waals surface area contributed by atoms with Crippen molar-refractivity contribution in [2.75, 3.05) is 29.1 Å². The quantitative estimate of drug-likeness (QED) is 0.689. The molecule has 0 saturated heterocycles. The van der Waals surface area contributed by atoms with Crippen molar-refractivity contribution in [1.29, 1.82) is 0 Å². The number of anilines is 2. The van der Waals surface area contributed by atoms with E-state index in [1.54, 1.807) is 25.1 Å². The van der Waals surface area contributed by atoms with Crippen LogP contribution >= 0.6 is 0 Å². The summed E-state index contributed by atoms with van der Waals surface area (Å²) in [7, 11) is -3.72. The van der Waals surface area contributed by atoms with E-state index in [0.29, 0.717) is 36.1 Å². The van der Waals surface area contributed by atoms with E-state index < -0.39 is 22.0 Å². The maximum Gasteiger partial charge on any atom is 0.247 e. The number of hydrogen-bond donors (Lipinski definition) is 1. The molecular formula is C22H28N2O5S. The summed E-state index contributed by atoms with van der Waals surface area (Å²) < 4.78 is 37.2. The maximum absolute atomic E-state index is 12.8. The summed E-state index contributed by atoms with van der Waals surface area (Å²) in [5.74, 6) is 0.595. The molecule has 1 amide bonds. The van der Waals surface area contributed by atoms with E-state index in [9.17, 15) is 13.2 Å². The van der Waals surface area contributed by atoms with Crippen molar-refractivity contribution in [1.82, 2.24) is 0 Å². The number of aryl methyl sites for hydroxylation is 1. The molecule has 0 aliphatic carbocycles. The van der Waals surface area contributed by atoms with Crippen molar-refractivity contribution in [3.8, 4) is 11.5 Å². The van der Waals surface area contributed by atoms with Crippen LogP contribution in [0, 0.1) is 0 Å². The maximum atomic E-state index is 12.8. The SMILES string of the molecule is CCCCc1ccc(NC(=O)[C@H](C)N(c2ccc3c(c2)OCCO3)S(C)(=O)=O)cc1. The molecule has 162 valence electrons. The van der Waals surface area contributed by atoms with Gasteiger partial charge in [-0.2, -0.15) is 0 Å². The number of amides is 1. The Kier molecular flexibility index (Phi) is 6.87. The van der Waals surface area contributed by atoms with E-state index in [0.717, 1.165) is 29.8 Å². The van der Waals surface area contributed by atoms with Crippen molar-refractivity contribution in [3.05, 3.63) is 48.0 Å². The molecule has 1 atom stereocenters. The summed E-state index contributed by atoms with van der Waals surface area (Å²) in [5.41, 5.74) is 2.18. The highest BCUT2D eigenvalue weighted by molar-refractivity contribution is 7.92. The molecule has 3 rings (SSSR count). The highest BCUT2D eigenvalue weighted by Gasteiger charge is 2.30. The first-order chi connectivity index (χ1) is 14.3. The Labute approximate surface area is 178 Å². The lowest BCUT2D eigenvalue weighted by Crippen LogP contribution is -2.45. The van der Waals surface area contributed by atoms with Crippen molar-refractivity contribution < 1.29 is 22.7 Å². The summed E-state index contributed by atoms with van der Waals surface area (Å²) in [6, 6.07) is 11.5. The molecule has 0 fully saturated rings. The number of benzene rings is 2. The van der Waals surface area contributed by atoms with Gasteiger partial charge in [-0.05, 0) is 49.6 Å². The van der Waals surface area contributed by atoms with Crippen LogP contribution in [-0.2, 0) is 21.2 Å². The number of ether oxygens (including phenoxy) is 2. The van der Waals surface area contributed by atoms with Gasteiger partial charge in [-0.3, -0.25) is 9.10 Å². The van der Waals surface area contributed by atoms with Gasteiger partial charge in [-0.1, -0.05) is 25.5 Å². The van der Waals surface area contributed by atoms with E-state index >= 15 is 0 Å². The standard InChI is InChI=1S/C22H28N2O5S/c1-4-5-6-17-7-9-18(10-8-17)23-22(25)16(2)24(30(3,26)27)19-11-12-20-21(15-19)29-14-13-28-20/h7-12,15-16H,4-6,13-14H2,1-3H3,(H,23,25)/t16-/m0/s1. The number of unbranched alkanes of at least 4 members (excludes halogenated alkanes) is 1. The second-order valence-corrected chi connectivity index (χ2v) is 9.21. The molecule has 0 aromatic heterocycles. The third-order valence-corrected chi connectivity index (χ3v) is 6.15. The van der Waals surface area contributed by atoms with E-state index in [1.165, 1.54) is 5.56 Å². The van der Waals surface area contributed by atoms with E-state index in [4.69, 9.17) is 9.47 Å². The number of hydrogen-bond acceptors (Lipinski definition) is 5. The molecule has 1 aliphatic rings. The minimum absolute atomic E-state index is 0.347. The number of fused-ring (bicyclic) bond motifs is 1. The predicted molar refractivity (Wildman–Crippen MR) is 118 cm³/mol. The van der Waals surface area contributed by atoms with Crippen LogP contribution in [0.25, 0.3) is 0 Å². The Bertz CT molecular complexity index is 989. The number of sulfonamides is 1. The monoisotopic (exact) mass is 432 g/mol. The van der Waals surface area contributed by atoms with E-state index in [-0.39, 0.29) is 0 Å². The van der Waals surface area contributed by atoms with Crippen LogP contribution in [0.3, 0.4) is 0 Å². The largest absolute Gasteiger partial charge is 0.486 e. The van der Waals surface area contributed by atoms with Crippen LogP contribution in [0.4, 0.5) is 11.4 Å². The minimum Gasteiger partial charge on any atom is -0.486 e. The van der Waals surface area contributed by atoms with Crippen molar-refractivity contribution in [2.45, 2.75) is 39.2 Å². The fourth-order valence-corrected chi connectivity index (χ4v) is 4.53. The van der Waals surface area contributed by atoms with Gasteiger partial charge >= 0.3 is 0 Å². The number of carbonyl (C=O) groups excluding carboxylic acids is 1. The molecule has 1 heterocycles. The molecule has 0 radical (unpaired) electrons. The topological polar surface area (TPSA) is 84.9 Å². The minimum atomic E-state index is -3.72. The van der Waals surface area contributed by atoms with Crippen LogP contribution in [-0.4, -0.2) is 39.8 Å². The molecule has 1 aliphatic heterocycles. The molecule has 30 heavy (non-hydrogen) atoms. The summed E-state index contributed by atoms with van der Waals surface area (Å²) in [4.78, 5) is 12.8. The van der Waals surface area contributed by atoms with Gasteiger partial charge in [0.05, 0.1) is 11.9 Å². The predicted octanol–water partition coefficient (Wildman–Crippen LogP) is 3.59. The molecule has 0 saturated carbocycles. The highest BCUT2D eigenvalue weighted by atomic mass is 32.2. The van der Waals surface area contributed by atoms with E-state index in [2.05, 4.69) is 12.2 Å². The molecule has 0 unspecified atom stereocenters. The summed E-state index contributed by atoms with van der Waals surface area (Å²) in [6.07, 6.45) is 4.31. The zero-order valence-corrected chi connectivity index (χ0v) is 18.4. The van der Waals surface area contributed by atoms with Crippen LogP contribution in [0.2, 0.25) is 0 Å². The van der Waals surface area contributed by atoms with Gasteiger partial charge in [0.2, 0.25) is 15.9 Å². The lowest BCUT2D eigenvalue weighted by atomic mass is 10.1. The molecule has 2 aromatic carbocycles. The number of nitrogens with zero attached hydrogens (tertiary/aromatic N) is 1. The van der Waals surface area contributed by atoms with Crippen molar-refractivity contribution in [2.24, 2.45) is 0 Å². The van der Waals surface area contributed by atoms with Gasteiger partial charge in [-0.15, -0.1) is 0 Å². The van der Waals surface area contributed by atoms with E-state index in [1.807, 2.05) is 24.3 Å². The van der Waals surface area contributed by atoms with Crippen molar-refractivity contribution >= 4 is 27.3 Å². The van der Waals surface area contributed by atoms with Gasteiger partial charge in [0.1, 0.15) is 19.3 Å². The Morgan fingerprint density at radius 1 is 1.10 bits per heavy atom. The van der Waals surface area contributed by atoms with Crippen LogP contribution in [0.1, 0.15) is 32.3 Å². The molecule has 0 spiro atoms. The first kappa shape index (κ1) is 22.0. The second-order valence-electron chi connectivity index (χ2n) is 7.35. The first-order valence-corrected chi connectivity index (χ1v) is 11.9. The van der Waals surface area contributed by atoms with Crippen LogP contribution < -0.4 is 19.1 Å². The summed E-state index contributed by atoms with van der Waals surface area (Å²) >= 11 is 0. The van der Waals surface area contributed by atoms with Gasteiger partial charge in [0.25, 0.3) is 0 Å². The molecule has 2 aromatic rings. The fourth-order valence-electron chi connectivity index (χ4n) is 3.36. The lowest BCUT2D eigenvalue weighted by molar-refractivity contribution is -0.116. The zero-order valence-electron chi connectivity index (χ0n) is 17.6. The molecule has 0 bridgehead atoms. The highest BCUT2D eigenvalue weighted by Crippen LogP contribution is 2.35.